The zero-order valence-electron chi connectivity index (χ0n) is 15.5. The summed E-state index contributed by atoms with van der Waals surface area (Å²) in [5, 5.41) is 9.94. The van der Waals surface area contributed by atoms with Crippen LogP contribution < -0.4 is 11.1 Å². The SMILES string of the molecule is CC(C(=O)Nc1ccc(-c2n[nH]c(CN)n2)cc1)N1CCCCCC1.Cl.Cl. The fourth-order valence-corrected chi connectivity index (χ4v) is 3.11. The first-order valence-electron chi connectivity index (χ1n) is 8.94. The van der Waals surface area contributed by atoms with Crippen LogP contribution in [0, 0.1) is 0 Å². The molecule has 0 saturated carbocycles. The Morgan fingerprint density at radius 3 is 2.37 bits per heavy atom. The molecule has 4 N–H and O–H groups in total. The van der Waals surface area contributed by atoms with Gasteiger partial charge in [-0.1, -0.05) is 12.8 Å². The molecule has 2 heterocycles. The van der Waals surface area contributed by atoms with Gasteiger partial charge in [0.2, 0.25) is 5.91 Å². The van der Waals surface area contributed by atoms with Gasteiger partial charge in [0.05, 0.1) is 12.6 Å². The Hall–Kier alpha value is -1.67. The number of amides is 1. The lowest BCUT2D eigenvalue weighted by Crippen LogP contribution is -2.42. The fourth-order valence-electron chi connectivity index (χ4n) is 3.11. The zero-order chi connectivity index (χ0) is 17.6. The molecule has 1 saturated heterocycles. The molecule has 3 rings (SSSR count). The third-order valence-electron chi connectivity index (χ3n) is 4.70. The largest absolute Gasteiger partial charge is 0.325 e. The van der Waals surface area contributed by atoms with Gasteiger partial charge in [0, 0.05) is 11.3 Å². The summed E-state index contributed by atoms with van der Waals surface area (Å²) in [7, 11) is 0. The standard InChI is InChI=1S/C18H26N6O.2ClH/c1-13(24-10-4-2-3-5-11-24)18(25)20-15-8-6-14(7-9-15)17-21-16(12-19)22-23-17;;/h6-9,13H,2-5,10-12,19H2,1H3,(H,20,25)(H,21,22,23);2*1H. The Morgan fingerprint density at radius 1 is 1.19 bits per heavy atom. The van der Waals surface area contributed by atoms with Crippen LogP contribution in [0.3, 0.4) is 0 Å². The highest BCUT2D eigenvalue weighted by atomic mass is 35.5. The summed E-state index contributed by atoms with van der Waals surface area (Å²) in [5.74, 6) is 1.30. The highest BCUT2D eigenvalue weighted by Gasteiger charge is 2.22. The van der Waals surface area contributed by atoms with Crippen molar-refractivity contribution in [3.63, 3.8) is 0 Å². The first-order valence-corrected chi connectivity index (χ1v) is 8.94. The van der Waals surface area contributed by atoms with Crippen LogP contribution in [0.2, 0.25) is 0 Å². The Labute approximate surface area is 172 Å². The second-order valence-electron chi connectivity index (χ2n) is 6.50. The maximum absolute atomic E-state index is 12.5. The zero-order valence-corrected chi connectivity index (χ0v) is 17.1. The van der Waals surface area contributed by atoms with Gasteiger partial charge in [-0.3, -0.25) is 14.8 Å². The van der Waals surface area contributed by atoms with E-state index in [-0.39, 0.29) is 36.8 Å². The molecule has 7 nitrogen and oxygen atoms in total. The number of nitrogens with zero attached hydrogens (tertiary/aromatic N) is 3. The summed E-state index contributed by atoms with van der Waals surface area (Å²) in [5.41, 5.74) is 7.20. The van der Waals surface area contributed by atoms with Crippen molar-refractivity contribution in [2.75, 3.05) is 18.4 Å². The molecule has 0 aliphatic carbocycles. The third-order valence-corrected chi connectivity index (χ3v) is 4.70. The van der Waals surface area contributed by atoms with Crippen molar-refractivity contribution >= 4 is 36.4 Å². The summed E-state index contributed by atoms with van der Waals surface area (Å²) in [6.07, 6.45) is 4.88. The second kappa shape index (κ2) is 11.2. The number of carbonyl (C=O) groups is 1. The number of rotatable bonds is 5. The van der Waals surface area contributed by atoms with Crippen LogP contribution in [0.4, 0.5) is 5.69 Å². The highest BCUT2D eigenvalue weighted by Crippen LogP contribution is 2.19. The first kappa shape index (κ1) is 23.4. The summed E-state index contributed by atoms with van der Waals surface area (Å²) in [6, 6.07) is 7.44. The molecule has 27 heavy (non-hydrogen) atoms. The van der Waals surface area contributed by atoms with Crippen LogP contribution in [0.15, 0.2) is 24.3 Å². The predicted molar refractivity (Wildman–Crippen MR) is 112 cm³/mol. The van der Waals surface area contributed by atoms with E-state index in [9.17, 15) is 4.79 Å². The van der Waals surface area contributed by atoms with Crippen molar-refractivity contribution in [3.05, 3.63) is 30.1 Å². The number of carbonyl (C=O) groups excluding carboxylic acids is 1. The minimum absolute atomic E-state index is 0. The Balaban J connectivity index is 0.00000182. The van der Waals surface area contributed by atoms with Crippen molar-refractivity contribution in [2.45, 2.75) is 45.2 Å². The number of aromatic nitrogens is 3. The number of nitrogens with two attached hydrogens (primary N) is 1. The quantitative estimate of drug-likeness (QED) is 0.697. The minimum atomic E-state index is -0.113. The van der Waals surface area contributed by atoms with Gasteiger partial charge in [-0.15, -0.1) is 24.8 Å². The maximum Gasteiger partial charge on any atom is 0.241 e. The third kappa shape index (κ3) is 6.17. The molecule has 9 heteroatoms. The van der Waals surface area contributed by atoms with Gasteiger partial charge >= 0.3 is 0 Å². The average molecular weight is 415 g/mol. The van der Waals surface area contributed by atoms with E-state index in [1.165, 1.54) is 25.7 Å². The maximum atomic E-state index is 12.5. The van der Waals surface area contributed by atoms with Crippen LogP contribution in [-0.2, 0) is 11.3 Å². The molecule has 1 unspecified atom stereocenters. The fraction of sp³-hybridized carbons (Fsp3) is 0.500. The minimum Gasteiger partial charge on any atom is -0.325 e. The molecular weight excluding hydrogens is 387 g/mol. The number of aromatic amines is 1. The molecule has 2 aromatic rings. The van der Waals surface area contributed by atoms with Crippen molar-refractivity contribution in [1.82, 2.24) is 20.1 Å². The lowest BCUT2D eigenvalue weighted by molar-refractivity contribution is -0.120. The molecule has 1 aliphatic heterocycles. The average Bonchev–Trinajstić information content (AvgIpc) is 2.96. The normalized spacial score (nSPS) is 15.8. The monoisotopic (exact) mass is 414 g/mol. The van der Waals surface area contributed by atoms with E-state index in [2.05, 4.69) is 25.4 Å². The van der Waals surface area contributed by atoms with Crippen molar-refractivity contribution in [2.24, 2.45) is 5.73 Å². The molecule has 1 atom stereocenters. The van der Waals surface area contributed by atoms with Gasteiger partial charge in [-0.2, -0.15) is 5.10 Å². The molecule has 1 aromatic heterocycles. The van der Waals surface area contributed by atoms with Crippen LogP contribution in [0.5, 0.6) is 0 Å². The number of H-pyrrole nitrogens is 1. The molecule has 1 aliphatic rings. The summed E-state index contributed by atoms with van der Waals surface area (Å²) in [6.45, 7) is 4.32. The lowest BCUT2D eigenvalue weighted by atomic mass is 10.2. The van der Waals surface area contributed by atoms with E-state index >= 15 is 0 Å². The number of hydrogen-bond acceptors (Lipinski definition) is 5. The molecule has 0 spiro atoms. The topological polar surface area (TPSA) is 99.9 Å². The van der Waals surface area contributed by atoms with Crippen molar-refractivity contribution in [3.8, 4) is 11.4 Å². The molecule has 0 bridgehead atoms. The molecule has 1 amide bonds. The smallest absolute Gasteiger partial charge is 0.241 e. The van der Waals surface area contributed by atoms with Gasteiger partial charge in [0.25, 0.3) is 0 Å². The van der Waals surface area contributed by atoms with Crippen molar-refractivity contribution in [1.29, 1.82) is 0 Å². The van der Waals surface area contributed by atoms with Gasteiger partial charge in [0.15, 0.2) is 5.82 Å². The van der Waals surface area contributed by atoms with E-state index in [4.69, 9.17) is 5.73 Å². The van der Waals surface area contributed by atoms with Gasteiger partial charge in [-0.25, -0.2) is 4.98 Å². The highest BCUT2D eigenvalue weighted by molar-refractivity contribution is 5.94. The van der Waals surface area contributed by atoms with E-state index in [1.807, 2.05) is 31.2 Å². The number of benzene rings is 1. The van der Waals surface area contributed by atoms with E-state index < -0.39 is 0 Å². The lowest BCUT2D eigenvalue weighted by Gasteiger charge is -2.26. The summed E-state index contributed by atoms with van der Waals surface area (Å²) in [4.78, 5) is 19.1. The summed E-state index contributed by atoms with van der Waals surface area (Å²) < 4.78 is 0. The Bertz CT molecular complexity index is 698. The second-order valence-corrected chi connectivity index (χ2v) is 6.50. The van der Waals surface area contributed by atoms with Gasteiger partial charge < -0.3 is 11.1 Å². The molecule has 1 aromatic carbocycles. The Kier molecular flexibility index (Phi) is 9.73. The van der Waals surface area contributed by atoms with Gasteiger partial charge in [0.1, 0.15) is 5.82 Å². The van der Waals surface area contributed by atoms with Crippen LogP contribution in [-0.4, -0.2) is 45.1 Å². The molecule has 1 fully saturated rings. The number of halogens is 2. The first-order chi connectivity index (χ1) is 12.2. The molecular formula is C18H28Cl2N6O. The Morgan fingerprint density at radius 2 is 1.81 bits per heavy atom. The van der Waals surface area contributed by atoms with Crippen LogP contribution in [0.1, 0.15) is 38.4 Å². The van der Waals surface area contributed by atoms with E-state index in [0.29, 0.717) is 18.2 Å². The molecule has 0 radical (unpaired) electrons. The van der Waals surface area contributed by atoms with Crippen LogP contribution >= 0.6 is 24.8 Å². The number of likely N-dealkylation sites (tertiary alicyclic amines) is 1. The van der Waals surface area contributed by atoms with Gasteiger partial charge in [-0.05, 0) is 57.1 Å². The number of anilines is 1. The summed E-state index contributed by atoms with van der Waals surface area (Å²) >= 11 is 0. The predicted octanol–water partition coefficient (Wildman–Crippen LogP) is 2.98. The van der Waals surface area contributed by atoms with Crippen LogP contribution in [0.25, 0.3) is 11.4 Å². The number of nitrogens with one attached hydrogen (secondary N) is 2. The number of hydrogen-bond donors (Lipinski definition) is 3. The molecule has 150 valence electrons. The van der Waals surface area contributed by atoms with E-state index in [1.54, 1.807) is 0 Å². The van der Waals surface area contributed by atoms with E-state index in [0.717, 1.165) is 24.3 Å². The van der Waals surface area contributed by atoms with Crippen molar-refractivity contribution < 1.29 is 4.79 Å².